The molecular formula is C11H11ClFNO3. The standard InChI is InChI=1S/C11H11ClFNO3/c1-16-11(15)6-2-7(3-6)17-9-4-10(12)14-5-8(9)13/h4-7H,2-3H2,1H3. The van der Waals surface area contributed by atoms with Gasteiger partial charge in [0.1, 0.15) is 11.3 Å². The lowest BCUT2D eigenvalue weighted by molar-refractivity contribution is -0.151. The molecule has 1 aliphatic rings. The summed E-state index contributed by atoms with van der Waals surface area (Å²) in [5.74, 6) is -0.891. The van der Waals surface area contributed by atoms with E-state index in [9.17, 15) is 9.18 Å². The van der Waals surface area contributed by atoms with Gasteiger partial charge in [-0.3, -0.25) is 4.79 Å². The molecule has 17 heavy (non-hydrogen) atoms. The third-order valence-electron chi connectivity index (χ3n) is 2.71. The van der Waals surface area contributed by atoms with E-state index in [4.69, 9.17) is 16.3 Å². The largest absolute Gasteiger partial charge is 0.487 e. The summed E-state index contributed by atoms with van der Waals surface area (Å²) in [6, 6.07) is 1.32. The predicted octanol–water partition coefficient (Wildman–Crippen LogP) is 2.20. The summed E-state index contributed by atoms with van der Waals surface area (Å²) in [4.78, 5) is 14.7. The average molecular weight is 260 g/mol. The number of nitrogens with zero attached hydrogens (tertiary/aromatic N) is 1. The zero-order valence-electron chi connectivity index (χ0n) is 9.15. The Hall–Kier alpha value is -1.36. The van der Waals surface area contributed by atoms with Crippen LogP contribution in [0.4, 0.5) is 4.39 Å². The SMILES string of the molecule is COC(=O)C1CC(Oc2cc(Cl)ncc2F)C1. The maximum Gasteiger partial charge on any atom is 0.308 e. The van der Waals surface area contributed by atoms with Gasteiger partial charge >= 0.3 is 5.97 Å². The van der Waals surface area contributed by atoms with Gasteiger partial charge < -0.3 is 9.47 Å². The van der Waals surface area contributed by atoms with Crippen molar-refractivity contribution in [2.45, 2.75) is 18.9 Å². The van der Waals surface area contributed by atoms with Gasteiger partial charge in [0.15, 0.2) is 11.6 Å². The van der Waals surface area contributed by atoms with E-state index in [0.29, 0.717) is 12.8 Å². The molecule has 0 unspecified atom stereocenters. The smallest absolute Gasteiger partial charge is 0.308 e. The molecule has 6 heteroatoms. The molecule has 1 aromatic heterocycles. The highest BCUT2D eigenvalue weighted by molar-refractivity contribution is 6.29. The van der Waals surface area contributed by atoms with Crippen LogP contribution in [-0.4, -0.2) is 24.2 Å². The average Bonchev–Trinajstić information content (AvgIpc) is 2.26. The predicted molar refractivity (Wildman–Crippen MR) is 58.4 cm³/mol. The fraction of sp³-hybridized carbons (Fsp3) is 0.455. The molecule has 1 aliphatic carbocycles. The number of esters is 1. The van der Waals surface area contributed by atoms with Crippen molar-refractivity contribution in [2.24, 2.45) is 5.92 Å². The van der Waals surface area contributed by atoms with Crippen LogP contribution >= 0.6 is 11.6 Å². The number of ether oxygens (including phenoxy) is 2. The van der Waals surface area contributed by atoms with Gasteiger partial charge in [-0.1, -0.05) is 11.6 Å². The molecule has 2 rings (SSSR count). The van der Waals surface area contributed by atoms with E-state index in [0.717, 1.165) is 6.20 Å². The molecule has 0 saturated heterocycles. The summed E-state index contributed by atoms with van der Waals surface area (Å²) in [5.41, 5.74) is 0. The van der Waals surface area contributed by atoms with E-state index in [1.165, 1.54) is 13.2 Å². The highest BCUT2D eigenvalue weighted by Gasteiger charge is 2.37. The number of rotatable bonds is 3. The Balaban J connectivity index is 1.91. The fourth-order valence-electron chi connectivity index (χ4n) is 1.69. The first-order valence-electron chi connectivity index (χ1n) is 5.15. The van der Waals surface area contributed by atoms with Crippen LogP contribution < -0.4 is 4.74 Å². The van der Waals surface area contributed by atoms with Crippen molar-refractivity contribution in [1.82, 2.24) is 4.98 Å². The number of hydrogen-bond acceptors (Lipinski definition) is 4. The van der Waals surface area contributed by atoms with Crippen molar-refractivity contribution in [3.63, 3.8) is 0 Å². The molecule has 0 aromatic carbocycles. The highest BCUT2D eigenvalue weighted by atomic mass is 35.5. The fourth-order valence-corrected chi connectivity index (χ4v) is 1.84. The van der Waals surface area contributed by atoms with Gasteiger partial charge in [0.2, 0.25) is 0 Å². The van der Waals surface area contributed by atoms with Crippen molar-refractivity contribution in [2.75, 3.05) is 7.11 Å². The molecule has 0 atom stereocenters. The van der Waals surface area contributed by atoms with Crippen molar-refractivity contribution in [3.8, 4) is 5.75 Å². The molecule has 0 N–H and O–H groups in total. The van der Waals surface area contributed by atoms with Crippen LogP contribution in [0.25, 0.3) is 0 Å². The minimum Gasteiger partial charge on any atom is -0.487 e. The normalized spacial score (nSPS) is 22.8. The van der Waals surface area contributed by atoms with E-state index < -0.39 is 5.82 Å². The molecule has 0 radical (unpaired) electrons. The number of aromatic nitrogens is 1. The first-order valence-corrected chi connectivity index (χ1v) is 5.53. The van der Waals surface area contributed by atoms with Gasteiger partial charge in [-0.15, -0.1) is 0 Å². The molecule has 1 saturated carbocycles. The van der Waals surface area contributed by atoms with E-state index in [1.807, 2.05) is 0 Å². The third kappa shape index (κ3) is 2.66. The molecule has 0 aliphatic heterocycles. The topological polar surface area (TPSA) is 48.4 Å². The second-order valence-electron chi connectivity index (χ2n) is 3.87. The van der Waals surface area contributed by atoms with E-state index >= 15 is 0 Å². The first-order chi connectivity index (χ1) is 8.10. The molecule has 92 valence electrons. The van der Waals surface area contributed by atoms with Crippen LogP contribution in [-0.2, 0) is 9.53 Å². The van der Waals surface area contributed by atoms with Crippen molar-refractivity contribution in [3.05, 3.63) is 23.2 Å². The molecule has 4 nitrogen and oxygen atoms in total. The van der Waals surface area contributed by atoms with Gasteiger partial charge in [0.25, 0.3) is 0 Å². The van der Waals surface area contributed by atoms with Gasteiger partial charge in [-0.2, -0.15) is 0 Å². The van der Waals surface area contributed by atoms with Crippen molar-refractivity contribution >= 4 is 17.6 Å². The number of carbonyl (C=O) groups excluding carboxylic acids is 1. The Morgan fingerprint density at radius 1 is 1.59 bits per heavy atom. The lowest BCUT2D eigenvalue weighted by Gasteiger charge is -2.33. The van der Waals surface area contributed by atoms with E-state index in [1.54, 1.807) is 0 Å². The minimum absolute atomic E-state index is 0.0679. The van der Waals surface area contributed by atoms with Crippen LogP contribution in [0.5, 0.6) is 5.75 Å². The summed E-state index contributed by atoms with van der Waals surface area (Å²) in [5, 5.41) is 0.172. The Kier molecular flexibility index (Phi) is 3.47. The Morgan fingerprint density at radius 3 is 2.94 bits per heavy atom. The molecule has 0 bridgehead atoms. The number of hydrogen-bond donors (Lipinski definition) is 0. The quantitative estimate of drug-likeness (QED) is 0.617. The van der Waals surface area contributed by atoms with Gasteiger partial charge in [-0.25, -0.2) is 9.37 Å². The Labute approximate surface area is 103 Å². The summed E-state index contributed by atoms with van der Waals surface area (Å²) < 4.78 is 23.2. The van der Waals surface area contributed by atoms with E-state index in [2.05, 4.69) is 9.72 Å². The number of carbonyl (C=O) groups is 1. The summed E-state index contributed by atoms with van der Waals surface area (Å²) in [6.45, 7) is 0. The second-order valence-corrected chi connectivity index (χ2v) is 4.26. The Morgan fingerprint density at radius 2 is 2.29 bits per heavy atom. The van der Waals surface area contributed by atoms with Crippen LogP contribution in [0.2, 0.25) is 5.15 Å². The van der Waals surface area contributed by atoms with Gasteiger partial charge in [0.05, 0.1) is 19.2 Å². The lowest BCUT2D eigenvalue weighted by atomic mass is 9.82. The zero-order valence-corrected chi connectivity index (χ0v) is 9.91. The van der Waals surface area contributed by atoms with Gasteiger partial charge in [0, 0.05) is 6.07 Å². The lowest BCUT2D eigenvalue weighted by Crippen LogP contribution is -2.39. The third-order valence-corrected chi connectivity index (χ3v) is 2.92. The maximum absolute atomic E-state index is 13.3. The number of halogens is 2. The first kappa shape index (κ1) is 12.1. The maximum atomic E-state index is 13.3. The minimum atomic E-state index is -0.559. The molecule has 1 fully saturated rings. The van der Waals surface area contributed by atoms with Gasteiger partial charge in [-0.05, 0) is 12.8 Å². The molecule has 0 amide bonds. The molecular weight excluding hydrogens is 249 g/mol. The van der Waals surface area contributed by atoms with E-state index in [-0.39, 0.29) is 28.9 Å². The molecule has 1 heterocycles. The van der Waals surface area contributed by atoms with Crippen LogP contribution in [0, 0.1) is 11.7 Å². The monoisotopic (exact) mass is 259 g/mol. The molecule has 1 aromatic rings. The number of pyridine rings is 1. The zero-order chi connectivity index (χ0) is 12.4. The van der Waals surface area contributed by atoms with Crippen LogP contribution in [0.15, 0.2) is 12.3 Å². The van der Waals surface area contributed by atoms with Crippen molar-refractivity contribution < 1.29 is 18.7 Å². The molecule has 0 spiro atoms. The van der Waals surface area contributed by atoms with Crippen molar-refractivity contribution in [1.29, 1.82) is 0 Å². The van der Waals surface area contributed by atoms with Crippen LogP contribution in [0.1, 0.15) is 12.8 Å². The second kappa shape index (κ2) is 4.87. The highest BCUT2D eigenvalue weighted by Crippen LogP contribution is 2.33. The summed E-state index contributed by atoms with van der Waals surface area (Å²) in [7, 11) is 1.35. The summed E-state index contributed by atoms with van der Waals surface area (Å²) in [6.07, 6.45) is 1.90. The Bertz CT molecular complexity index is 435. The number of methoxy groups -OCH3 is 1. The van der Waals surface area contributed by atoms with Crippen LogP contribution in [0.3, 0.4) is 0 Å². The summed E-state index contributed by atoms with van der Waals surface area (Å²) >= 11 is 5.63.